The van der Waals surface area contributed by atoms with Crippen LogP contribution >= 0.6 is 0 Å². The van der Waals surface area contributed by atoms with Gasteiger partial charge in [0.15, 0.2) is 0 Å². The number of hydrogen-bond acceptors (Lipinski definition) is 6. The molecule has 0 aromatic heterocycles. The molecule has 0 saturated carbocycles. The summed E-state index contributed by atoms with van der Waals surface area (Å²) in [5, 5.41) is 25.5. The van der Waals surface area contributed by atoms with Crippen LogP contribution in [0, 0.1) is 24.7 Å². The maximum absolute atomic E-state index is 13.1. The summed E-state index contributed by atoms with van der Waals surface area (Å²) in [7, 11) is 0. The zero-order valence-corrected chi connectivity index (χ0v) is 22.1. The van der Waals surface area contributed by atoms with Gasteiger partial charge in [0.1, 0.15) is 22.6 Å². The molecule has 0 spiro atoms. The Bertz CT molecular complexity index is 1510. The highest BCUT2D eigenvalue weighted by molar-refractivity contribution is 6.15. The lowest BCUT2D eigenvalue weighted by molar-refractivity contribution is 0.0485. The van der Waals surface area contributed by atoms with Crippen LogP contribution in [0.15, 0.2) is 60.7 Å². The summed E-state index contributed by atoms with van der Waals surface area (Å²) >= 11 is 0. The molecule has 0 atom stereocenters. The van der Waals surface area contributed by atoms with Crippen molar-refractivity contribution in [2.24, 2.45) is 0 Å². The normalized spacial score (nSPS) is 10.7. The maximum atomic E-state index is 13.1. The Kier molecular flexibility index (Phi) is 9.28. The van der Waals surface area contributed by atoms with Gasteiger partial charge in [-0.1, -0.05) is 48.5 Å². The second-order valence-electron chi connectivity index (χ2n) is 9.33. The number of unbranched alkanes of at least 4 members (excludes halogenated alkanes) is 4. The fourth-order valence-corrected chi connectivity index (χ4v) is 4.63. The van der Waals surface area contributed by atoms with E-state index in [0.29, 0.717) is 60.1 Å². The van der Waals surface area contributed by atoms with Gasteiger partial charge in [0.2, 0.25) is 0 Å². The third-order valence-corrected chi connectivity index (χ3v) is 6.63. The molecule has 2 N–H and O–H groups in total. The Morgan fingerprint density at radius 3 is 1.45 bits per heavy atom. The van der Waals surface area contributed by atoms with E-state index in [2.05, 4.69) is 11.8 Å². The van der Waals surface area contributed by atoms with E-state index in [1.165, 1.54) is 0 Å². The van der Waals surface area contributed by atoms with Crippen LogP contribution in [0.25, 0.3) is 32.7 Å². The summed E-state index contributed by atoms with van der Waals surface area (Å²) in [6.45, 7) is 0.303. The van der Waals surface area contributed by atoms with Crippen molar-refractivity contribution in [2.45, 2.75) is 38.5 Å². The number of hydrogen-bond donors (Lipinski definition) is 2. The molecule has 0 amide bonds. The molecule has 0 heterocycles. The zero-order valence-electron chi connectivity index (χ0n) is 22.1. The number of aromatic hydroxyl groups is 2. The molecule has 0 aliphatic carbocycles. The molecule has 0 unspecified atom stereocenters. The van der Waals surface area contributed by atoms with Crippen LogP contribution in [-0.4, -0.2) is 35.4 Å². The average Bonchev–Trinajstić information content (AvgIpc) is 2.96. The van der Waals surface area contributed by atoms with Gasteiger partial charge in [-0.25, -0.2) is 9.59 Å². The minimum absolute atomic E-state index is 0.0457. The molecule has 4 rings (SSSR count). The van der Waals surface area contributed by atoms with E-state index < -0.39 is 11.9 Å². The molecule has 0 radical (unpaired) electrons. The van der Waals surface area contributed by atoms with Crippen LogP contribution in [0.5, 0.6) is 11.5 Å². The molecule has 0 fully saturated rings. The van der Waals surface area contributed by atoms with Crippen molar-refractivity contribution in [2.75, 3.05) is 13.2 Å². The van der Waals surface area contributed by atoms with Crippen molar-refractivity contribution in [1.82, 2.24) is 0 Å². The number of terminal acetylenes is 2. The second-order valence-corrected chi connectivity index (χ2v) is 9.33. The van der Waals surface area contributed by atoms with Gasteiger partial charge in [-0.2, -0.15) is 0 Å². The lowest BCUT2D eigenvalue weighted by Crippen LogP contribution is -2.09. The van der Waals surface area contributed by atoms with Crippen molar-refractivity contribution in [3.05, 3.63) is 71.8 Å². The molecule has 0 bridgehead atoms. The van der Waals surface area contributed by atoms with Gasteiger partial charge >= 0.3 is 11.9 Å². The highest BCUT2D eigenvalue weighted by atomic mass is 16.5. The number of phenols is 2. The molecule has 0 aliphatic heterocycles. The molecule has 4 aromatic carbocycles. The molecule has 0 aliphatic rings. The highest BCUT2D eigenvalue weighted by Gasteiger charge is 2.26. The Morgan fingerprint density at radius 2 is 1.05 bits per heavy atom. The van der Waals surface area contributed by atoms with E-state index in [-0.39, 0.29) is 47.0 Å². The fourth-order valence-electron chi connectivity index (χ4n) is 4.63. The largest absolute Gasteiger partial charge is 0.506 e. The van der Waals surface area contributed by atoms with Gasteiger partial charge in [0, 0.05) is 24.0 Å². The first-order valence-electron chi connectivity index (χ1n) is 13.2. The van der Waals surface area contributed by atoms with E-state index in [0.717, 1.165) is 0 Å². The van der Waals surface area contributed by atoms with Crippen LogP contribution in [0.3, 0.4) is 0 Å². The standard InChI is InChI=1S/C34H30O6/c1-3-5-7-13-19-39-33(37)27-21-23-15-9-11-17-25(23)29(31(27)35)30-26-18-12-10-16-24(26)22-28(32(30)36)34(38)40-20-14-8-6-4-2/h1-2,9-12,15-18,21-22,35-36H,5-8,13-14,19-20H2. The van der Waals surface area contributed by atoms with Crippen molar-refractivity contribution < 1.29 is 29.3 Å². The van der Waals surface area contributed by atoms with Gasteiger partial charge in [0.25, 0.3) is 0 Å². The van der Waals surface area contributed by atoms with Crippen LogP contribution in [0.1, 0.15) is 59.2 Å². The van der Waals surface area contributed by atoms with Gasteiger partial charge in [0.05, 0.1) is 13.2 Å². The minimum atomic E-state index is -0.698. The molecule has 6 heteroatoms. The highest BCUT2D eigenvalue weighted by Crippen LogP contribution is 2.47. The van der Waals surface area contributed by atoms with Crippen molar-refractivity contribution in [3.63, 3.8) is 0 Å². The molecule has 6 nitrogen and oxygen atoms in total. The first kappa shape index (κ1) is 28.1. The van der Waals surface area contributed by atoms with E-state index in [1.807, 2.05) is 12.1 Å². The van der Waals surface area contributed by atoms with E-state index >= 15 is 0 Å². The monoisotopic (exact) mass is 534 g/mol. The summed E-state index contributed by atoms with van der Waals surface area (Å²) in [4.78, 5) is 26.1. The molecule has 202 valence electrons. The summed E-state index contributed by atoms with van der Waals surface area (Å²) in [5.74, 6) is 3.00. The first-order chi connectivity index (χ1) is 19.5. The number of rotatable bonds is 11. The van der Waals surface area contributed by atoms with Crippen LogP contribution in [0.4, 0.5) is 0 Å². The van der Waals surface area contributed by atoms with Crippen LogP contribution in [0.2, 0.25) is 0 Å². The van der Waals surface area contributed by atoms with Crippen LogP contribution in [-0.2, 0) is 9.47 Å². The second kappa shape index (κ2) is 13.2. The van der Waals surface area contributed by atoms with E-state index in [9.17, 15) is 19.8 Å². The summed E-state index contributed by atoms with van der Waals surface area (Å²) in [5.41, 5.74) is 0.343. The predicted molar refractivity (Wildman–Crippen MR) is 156 cm³/mol. The van der Waals surface area contributed by atoms with Crippen molar-refractivity contribution in [3.8, 4) is 47.3 Å². The Labute approximate surface area is 233 Å². The number of fused-ring (bicyclic) bond motifs is 2. The average molecular weight is 535 g/mol. The van der Waals surface area contributed by atoms with E-state index in [1.54, 1.807) is 48.5 Å². The maximum Gasteiger partial charge on any atom is 0.341 e. The van der Waals surface area contributed by atoms with Crippen molar-refractivity contribution in [1.29, 1.82) is 0 Å². The van der Waals surface area contributed by atoms with Gasteiger partial charge in [-0.05, 0) is 59.4 Å². The number of carbonyl (C=O) groups excluding carboxylic acids is 2. The van der Waals surface area contributed by atoms with Gasteiger partial charge in [-0.3, -0.25) is 0 Å². The third kappa shape index (κ3) is 6.03. The topological polar surface area (TPSA) is 93.1 Å². The summed E-state index contributed by atoms with van der Waals surface area (Å²) < 4.78 is 10.9. The molecule has 4 aromatic rings. The summed E-state index contributed by atoms with van der Waals surface area (Å²) in [6.07, 6.45) is 14.3. The molecule has 40 heavy (non-hydrogen) atoms. The number of phenolic OH excluding ortho intramolecular Hbond substituents is 2. The van der Waals surface area contributed by atoms with E-state index in [4.69, 9.17) is 22.3 Å². The Balaban J connectivity index is 1.84. The molecular weight excluding hydrogens is 504 g/mol. The number of esters is 2. The lowest BCUT2D eigenvalue weighted by atomic mass is 9.89. The smallest absolute Gasteiger partial charge is 0.341 e. The molecular formula is C34H30O6. The Morgan fingerprint density at radius 1 is 0.650 bits per heavy atom. The number of carbonyl (C=O) groups is 2. The van der Waals surface area contributed by atoms with Gasteiger partial charge in [-0.15, -0.1) is 24.7 Å². The quantitative estimate of drug-likeness (QED) is 0.122. The fraction of sp³-hybridized carbons (Fsp3) is 0.235. The van der Waals surface area contributed by atoms with Gasteiger partial charge < -0.3 is 19.7 Å². The minimum Gasteiger partial charge on any atom is -0.506 e. The Hall–Kier alpha value is -4.94. The summed E-state index contributed by atoms with van der Waals surface area (Å²) in [6, 6.07) is 17.5. The number of ether oxygens (including phenoxy) is 2. The lowest BCUT2D eigenvalue weighted by Gasteiger charge is -2.18. The first-order valence-corrected chi connectivity index (χ1v) is 13.2. The zero-order chi connectivity index (χ0) is 28.5. The van der Waals surface area contributed by atoms with Crippen molar-refractivity contribution >= 4 is 33.5 Å². The predicted octanol–water partition coefficient (Wildman–Crippen LogP) is 6.99. The number of benzene rings is 4. The molecule has 0 saturated heterocycles. The van der Waals surface area contributed by atoms with Crippen LogP contribution < -0.4 is 0 Å². The third-order valence-electron chi connectivity index (χ3n) is 6.63. The SMILES string of the molecule is C#CCCCCOC(=O)c1cc2ccccc2c(-c2c(O)c(C(=O)OCCCCC#C)cc3ccccc23)c1O.